The van der Waals surface area contributed by atoms with E-state index in [1.807, 2.05) is 25.1 Å². The minimum atomic E-state index is -1.15. The monoisotopic (exact) mass is 974 g/mol. The van der Waals surface area contributed by atoms with Gasteiger partial charge in [-0.25, -0.2) is 28.7 Å². The molecular formula is C50H56F2N12O7. The van der Waals surface area contributed by atoms with Crippen molar-refractivity contribution in [1.29, 1.82) is 0 Å². The van der Waals surface area contributed by atoms with Crippen LogP contribution in [-0.4, -0.2) is 71.3 Å². The summed E-state index contributed by atoms with van der Waals surface area (Å²) in [6.07, 6.45) is 8.10. The number of nitrogens with zero attached hydrogens (tertiary/aromatic N) is 6. The Morgan fingerprint density at radius 2 is 1.32 bits per heavy atom. The predicted octanol–water partition coefficient (Wildman–Crippen LogP) is 5.18. The molecule has 71 heavy (non-hydrogen) atoms. The zero-order valence-electron chi connectivity index (χ0n) is 39.5. The van der Waals surface area contributed by atoms with Crippen LogP contribution in [0.1, 0.15) is 94.5 Å². The van der Waals surface area contributed by atoms with Crippen LogP contribution in [0.5, 0.6) is 0 Å². The molecule has 0 aliphatic carbocycles. The first-order valence-electron chi connectivity index (χ1n) is 23.0. The van der Waals surface area contributed by atoms with Crippen molar-refractivity contribution >= 4 is 47.3 Å². The summed E-state index contributed by atoms with van der Waals surface area (Å²) in [5, 5.41) is 24.1. The number of amides is 2. The van der Waals surface area contributed by atoms with Crippen molar-refractivity contribution in [3.8, 4) is 0 Å². The van der Waals surface area contributed by atoms with E-state index in [0.717, 1.165) is 68.0 Å². The summed E-state index contributed by atoms with van der Waals surface area (Å²) in [6, 6.07) is 17.8. The Balaban J connectivity index is 0.000000199. The number of halogens is 2. The molecular weight excluding hydrogens is 919 g/mol. The molecule has 19 nitrogen and oxygen atoms in total. The summed E-state index contributed by atoms with van der Waals surface area (Å²) in [6.45, 7) is 6.79. The minimum absolute atomic E-state index is 0.0631. The first-order valence-corrected chi connectivity index (χ1v) is 23.0. The number of aliphatic carboxylic acids is 1. The molecule has 21 heteroatoms. The second-order valence-corrected chi connectivity index (χ2v) is 16.8. The van der Waals surface area contributed by atoms with Crippen molar-refractivity contribution in [1.82, 2.24) is 39.7 Å². The van der Waals surface area contributed by atoms with Gasteiger partial charge in [0.1, 0.15) is 42.1 Å². The first kappa shape index (κ1) is 52.0. The van der Waals surface area contributed by atoms with Crippen molar-refractivity contribution < 1.29 is 33.1 Å². The van der Waals surface area contributed by atoms with Crippen molar-refractivity contribution in [3.05, 3.63) is 163 Å². The maximum absolute atomic E-state index is 13.7. The number of hydrogen-bond donors (Lipinski definition) is 7. The first-order chi connectivity index (χ1) is 34.1. The van der Waals surface area contributed by atoms with Crippen molar-refractivity contribution in [2.75, 3.05) is 34.8 Å². The van der Waals surface area contributed by atoms with Gasteiger partial charge in [0, 0.05) is 36.9 Å². The number of benzene rings is 2. The van der Waals surface area contributed by atoms with Crippen molar-refractivity contribution in [3.63, 3.8) is 0 Å². The highest BCUT2D eigenvalue weighted by atomic mass is 19.1. The van der Waals surface area contributed by atoms with E-state index in [-0.39, 0.29) is 49.0 Å². The Labute approximate surface area is 407 Å². The summed E-state index contributed by atoms with van der Waals surface area (Å²) in [5.41, 5.74) is 10.1. The fourth-order valence-electron chi connectivity index (χ4n) is 7.78. The second-order valence-electron chi connectivity index (χ2n) is 16.8. The van der Waals surface area contributed by atoms with Gasteiger partial charge >= 0.3 is 5.97 Å². The Morgan fingerprint density at radius 3 is 1.90 bits per heavy atom. The number of rotatable bonds is 15. The number of pyridine rings is 2. The van der Waals surface area contributed by atoms with Crippen LogP contribution >= 0.6 is 0 Å². The number of nitrogens with two attached hydrogens (primary N) is 1. The number of anilines is 4. The number of carboxylic acid groups (broad SMARTS) is 1. The topological polar surface area (TPSA) is 270 Å². The molecule has 0 saturated heterocycles. The lowest BCUT2D eigenvalue weighted by atomic mass is 10.0. The van der Waals surface area contributed by atoms with Gasteiger partial charge < -0.3 is 37.4 Å². The van der Waals surface area contributed by atoms with Gasteiger partial charge in [0.15, 0.2) is 17.9 Å². The molecule has 0 fully saturated rings. The van der Waals surface area contributed by atoms with Crippen LogP contribution < -0.4 is 43.4 Å². The quantitative estimate of drug-likeness (QED) is 0.0654. The number of aldehydes is 1. The van der Waals surface area contributed by atoms with Crippen LogP contribution in [0.15, 0.2) is 94.8 Å². The Bertz CT molecular complexity index is 3000. The fraction of sp³-hybridized carbons (Fsp3) is 0.320. The van der Waals surface area contributed by atoms with Crippen LogP contribution in [0.4, 0.5) is 32.1 Å². The van der Waals surface area contributed by atoms with Gasteiger partial charge in [-0.05, 0) is 105 Å². The summed E-state index contributed by atoms with van der Waals surface area (Å²) >= 11 is 0. The van der Waals surface area contributed by atoms with Crippen LogP contribution in [-0.2, 0) is 46.9 Å². The SMILES string of the molecule is CCC(NC(=O)Cn1c(C)cnc(N)c1=O)c1cccc(F)c1.Cc1cnc(NCc2ccc3c(n2)NCCC3)c(=O)n1CC(=O)NC(CC(=O)O)c1cccc(F)c1.O=Cc1ccc2c(n1)NCCC2. The highest BCUT2D eigenvalue weighted by molar-refractivity contribution is 5.78. The van der Waals surface area contributed by atoms with Gasteiger partial charge in [0.2, 0.25) is 11.8 Å². The molecule has 2 aromatic carbocycles. The number of nitrogen functional groups attached to an aromatic ring is 1. The molecule has 0 spiro atoms. The zero-order chi connectivity index (χ0) is 51.0. The summed E-state index contributed by atoms with van der Waals surface area (Å²) in [7, 11) is 0. The molecule has 2 atom stereocenters. The minimum Gasteiger partial charge on any atom is -0.481 e. The molecule has 8 N–H and O–H groups in total. The molecule has 4 aromatic heterocycles. The lowest BCUT2D eigenvalue weighted by molar-refractivity contribution is -0.137. The lowest BCUT2D eigenvalue weighted by Crippen LogP contribution is -2.37. The van der Waals surface area contributed by atoms with Crippen molar-refractivity contribution in [2.45, 2.75) is 91.0 Å². The molecule has 0 bridgehead atoms. The van der Waals surface area contributed by atoms with E-state index in [4.69, 9.17) is 5.73 Å². The summed E-state index contributed by atoms with van der Waals surface area (Å²) in [4.78, 5) is 88.4. The maximum Gasteiger partial charge on any atom is 0.305 e. The molecule has 6 heterocycles. The van der Waals surface area contributed by atoms with Gasteiger partial charge in [-0.15, -0.1) is 0 Å². The number of fused-ring (bicyclic) bond motifs is 2. The molecule has 2 unspecified atom stereocenters. The molecule has 2 aliphatic rings. The normalized spacial score (nSPS) is 13.1. The van der Waals surface area contributed by atoms with Gasteiger partial charge in [0.05, 0.1) is 30.7 Å². The number of carbonyl (C=O) groups excluding carboxylic acids is 3. The maximum atomic E-state index is 13.7. The largest absolute Gasteiger partial charge is 0.481 e. The van der Waals surface area contributed by atoms with Crippen molar-refractivity contribution in [2.24, 2.45) is 0 Å². The highest BCUT2D eigenvalue weighted by Crippen LogP contribution is 2.22. The molecule has 0 saturated carbocycles. The lowest BCUT2D eigenvalue weighted by Gasteiger charge is -2.19. The van der Waals surface area contributed by atoms with E-state index in [1.54, 1.807) is 32.0 Å². The van der Waals surface area contributed by atoms with E-state index >= 15 is 0 Å². The number of nitrogens with one attached hydrogen (secondary N) is 5. The van der Waals surface area contributed by atoms with E-state index in [2.05, 4.69) is 46.5 Å². The van der Waals surface area contributed by atoms with Gasteiger partial charge in [-0.3, -0.25) is 37.9 Å². The smallest absolute Gasteiger partial charge is 0.305 e. The highest BCUT2D eigenvalue weighted by Gasteiger charge is 2.21. The molecule has 8 rings (SSSR count). The van der Waals surface area contributed by atoms with Gasteiger partial charge in [-0.1, -0.05) is 43.3 Å². The molecule has 6 aromatic rings. The predicted molar refractivity (Wildman–Crippen MR) is 263 cm³/mol. The van der Waals surface area contributed by atoms with Gasteiger partial charge in [0.25, 0.3) is 11.1 Å². The third kappa shape index (κ3) is 14.6. The Hall–Kier alpha value is -8.36. The summed E-state index contributed by atoms with van der Waals surface area (Å²) in [5.74, 6) is -1.35. The van der Waals surface area contributed by atoms with E-state index in [1.165, 1.54) is 63.5 Å². The third-order valence-electron chi connectivity index (χ3n) is 11.5. The number of hydrogen-bond acceptors (Lipinski definition) is 14. The van der Waals surface area contributed by atoms with E-state index in [9.17, 15) is 42.7 Å². The number of aromatic nitrogens is 6. The van der Waals surface area contributed by atoms with Crippen LogP contribution in [0.3, 0.4) is 0 Å². The van der Waals surface area contributed by atoms with Crippen LogP contribution in [0.2, 0.25) is 0 Å². The van der Waals surface area contributed by atoms with Gasteiger partial charge in [-0.2, -0.15) is 0 Å². The summed E-state index contributed by atoms with van der Waals surface area (Å²) < 4.78 is 29.5. The Morgan fingerprint density at radius 1 is 0.775 bits per heavy atom. The zero-order valence-corrected chi connectivity index (χ0v) is 39.5. The number of carbonyl (C=O) groups is 4. The average molecular weight is 975 g/mol. The third-order valence-corrected chi connectivity index (χ3v) is 11.5. The van der Waals surface area contributed by atoms with Crippen LogP contribution in [0.25, 0.3) is 0 Å². The molecule has 2 amide bonds. The molecule has 372 valence electrons. The van der Waals surface area contributed by atoms with Crippen LogP contribution in [0, 0.1) is 25.5 Å². The molecule has 0 radical (unpaired) electrons. The Kier molecular flexibility index (Phi) is 18.2. The standard InChI is InChI=1S/C25H27FN6O4.C16H19FN4O2.C9H10N2O/c1-15-12-28-24(29-13-19-8-7-16-5-3-9-27-23(16)30-19)25(36)32(15)14-21(33)31-20(11-22(34)35)17-4-2-6-18(26)10-17;1-3-13(11-5-4-6-12(17)7-11)20-14(22)9-21-10(2)8-19-15(18)16(21)23;12-6-8-4-3-7-2-1-5-10-9(7)11-8/h2,4,6-8,10,12,20H,3,5,9,11,13-14H2,1H3,(H,27,30)(H,28,29)(H,31,33)(H,34,35);4-8,13H,3,9H2,1-2H3,(H2,18,19)(H,20,22);3-4,6H,1-2,5H2,(H,10,11). The van der Waals surface area contributed by atoms with E-state index in [0.29, 0.717) is 34.6 Å². The number of carboxylic acids is 1. The fourth-order valence-corrected chi connectivity index (χ4v) is 7.78. The van der Waals surface area contributed by atoms with E-state index < -0.39 is 41.3 Å². The molecule has 2 aliphatic heterocycles. The number of aryl methyl sites for hydroxylation is 4. The average Bonchev–Trinajstić information content (AvgIpc) is 3.36. The second kappa shape index (κ2) is 24.8.